The average Bonchev–Trinajstić information content (AvgIpc) is 3.46. The molecule has 2 fully saturated rings. The number of hydrogen-bond donors (Lipinski definition) is 3. The van der Waals surface area contributed by atoms with Gasteiger partial charge >= 0.3 is 0 Å². The van der Waals surface area contributed by atoms with Crippen LogP contribution in [0.1, 0.15) is 46.0 Å². The molecule has 0 saturated carbocycles. The number of nitrogens with zero attached hydrogens (tertiary/aromatic N) is 5. The van der Waals surface area contributed by atoms with Gasteiger partial charge in [0, 0.05) is 81.3 Å². The third-order valence-electron chi connectivity index (χ3n) is 8.95. The minimum atomic E-state index is -1.59. The fourth-order valence-corrected chi connectivity index (χ4v) is 6.35. The normalized spacial score (nSPS) is 28.0. The summed E-state index contributed by atoms with van der Waals surface area (Å²) < 4.78 is 32.6. The number of aliphatic imine (C=N–C) groups is 2. The molecule has 0 aromatic carbocycles. The highest BCUT2D eigenvalue weighted by Crippen LogP contribution is 2.40. The number of halogens is 2. The highest BCUT2D eigenvalue weighted by molar-refractivity contribution is 5.86. The van der Waals surface area contributed by atoms with Gasteiger partial charge in [0.25, 0.3) is 0 Å². The highest BCUT2D eigenvalue weighted by Gasteiger charge is 2.46. The molecule has 5 rings (SSSR count). The van der Waals surface area contributed by atoms with Gasteiger partial charge in [-0.3, -0.25) is 14.8 Å². The van der Waals surface area contributed by atoms with Crippen LogP contribution in [0, 0.1) is 16.7 Å². The summed E-state index contributed by atoms with van der Waals surface area (Å²) in [7, 11) is 0. The summed E-state index contributed by atoms with van der Waals surface area (Å²) in [4.78, 5) is 13.6. The Balaban J connectivity index is 1.08. The molecule has 9 nitrogen and oxygen atoms in total. The number of aliphatic hydroxyl groups is 1. The van der Waals surface area contributed by atoms with Crippen molar-refractivity contribution in [1.82, 2.24) is 20.4 Å². The summed E-state index contributed by atoms with van der Waals surface area (Å²) in [5.41, 5.74) is 3.46. The van der Waals surface area contributed by atoms with Gasteiger partial charge in [0.1, 0.15) is 12.0 Å². The van der Waals surface area contributed by atoms with Crippen LogP contribution < -0.4 is 10.6 Å². The second-order valence-corrected chi connectivity index (χ2v) is 11.9. The first-order valence-electron chi connectivity index (χ1n) is 14.8. The predicted octanol–water partition coefficient (Wildman–Crippen LogP) is 3.61. The van der Waals surface area contributed by atoms with E-state index in [9.17, 15) is 19.1 Å². The van der Waals surface area contributed by atoms with E-state index in [2.05, 4.69) is 26.6 Å². The smallest absolute Gasteiger partial charge is 0.224 e. The van der Waals surface area contributed by atoms with E-state index < -0.39 is 17.9 Å². The maximum absolute atomic E-state index is 13.6. The fraction of sp³-hybridized carbons (Fsp3) is 0.581. The molecule has 0 aromatic heterocycles. The molecule has 0 bridgehead atoms. The Morgan fingerprint density at radius 1 is 1.36 bits per heavy atom. The van der Waals surface area contributed by atoms with Crippen molar-refractivity contribution in [2.24, 2.45) is 15.4 Å². The Labute approximate surface area is 246 Å². The summed E-state index contributed by atoms with van der Waals surface area (Å²) in [5, 5.41) is 26.9. The number of fused-ring (bicyclic) bond motifs is 1. The highest BCUT2D eigenvalue weighted by atomic mass is 19.2. The lowest BCUT2D eigenvalue weighted by Crippen LogP contribution is -2.63. The summed E-state index contributed by atoms with van der Waals surface area (Å²) in [5.74, 6) is -2.29. The van der Waals surface area contributed by atoms with Crippen molar-refractivity contribution >= 4 is 12.6 Å². The second-order valence-electron chi connectivity index (χ2n) is 11.9. The number of likely N-dealkylation sites (tertiary alicyclic amines) is 2. The van der Waals surface area contributed by atoms with Crippen LogP contribution in [0.5, 0.6) is 0 Å². The van der Waals surface area contributed by atoms with Crippen LogP contribution in [0.2, 0.25) is 0 Å². The van der Waals surface area contributed by atoms with Crippen molar-refractivity contribution in [2.45, 2.75) is 70.2 Å². The monoisotopic (exact) mass is 581 g/mol. The number of hydrogen-bond acceptors (Lipinski definition) is 9. The van der Waals surface area contributed by atoms with Crippen molar-refractivity contribution in [1.29, 1.82) is 5.26 Å². The standard InChI is InChI=1S/C31H41F2N7O2/c1-3-23(28-25-6-12-36-29(25)38-21-37-28)17-35-13-10-31(9-11-34)19-39(20-31)24-7-14-40(15-8-24)30(2,41)42-18-22-4-5-26(32)27(33)16-22/h3-4,6,12,16-17,21,24,26,29,36,41H,5,7-10,13-15,18-20H2,1-2H3,(H,37,38)/b23-3+,35-17-. The molecule has 226 valence electrons. The number of nitrogens with one attached hydrogen (secondary N) is 2. The molecule has 3 N–H and O–H groups in total. The molecule has 11 heteroatoms. The molecule has 3 unspecified atom stereocenters. The summed E-state index contributed by atoms with van der Waals surface area (Å²) >= 11 is 0. The molecule has 3 atom stereocenters. The van der Waals surface area contributed by atoms with Crippen molar-refractivity contribution in [3.8, 4) is 6.07 Å². The zero-order chi connectivity index (χ0) is 29.7. The minimum Gasteiger partial charge on any atom is -0.368 e. The lowest BCUT2D eigenvalue weighted by Gasteiger charge is -2.54. The van der Waals surface area contributed by atoms with E-state index in [1.54, 1.807) is 19.3 Å². The van der Waals surface area contributed by atoms with Gasteiger partial charge in [0.05, 0.1) is 24.7 Å². The third-order valence-corrected chi connectivity index (χ3v) is 8.95. The SMILES string of the molecule is C/C=C(\C=N/CCC1(CC#N)CN(C2CCN(C(C)(O)OCC3=CCC(F)C(F)=C3)CC2)C1)C1=C2C=CNC2NC=N1. The summed E-state index contributed by atoms with van der Waals surface area (Å²) in [6.45, 7) is 7.32. The van der Waals surface area contributed by atoms with Crippen molar-refractivity contribution in [2.75, 3.05) is 39.3 Å². The molecule has 4 heterocycles. The summed E-state index contributed by atoms with van der Waals surface area (Å²) in [6, 6.07) is 2.78. The van der Waals surface area contributed by atoms with Gasteiger partial charge in [0.15, 0.2) is 6.17 Å². The van der Waals surface area contributed by atoms with Crippen LogP contribution >= 0.6 is 0 Å². The minimum absolute atomic E-state index is 0.0108. The number of rotatable bonds is 11. The Kier molecular flexibility index (Phi) is 9.38. The lowest BCUT2D eigenvalue weighted by molar-refractivity contribution is -0.282. The first kappa shape index (κ1) is 30.3. The maximum Gasteiger partial charge on any atom is 0.224 e. The number of piperidine rings is 1. The van der Waals surface area contributed by atoms with Gasteiger partial charge in [-0.05, 0) is 50.1 Å². The van der Waals surface area contributed by atoms with E-state index in [1.165, 1.54) is 0 Å². The van der Waals surface area contributed by atoms with Crippen LogP contribution in [-0.4, -0.2) is 91.1 Å². The van der Waals surface area contributed by atoms with Crippen LogP contribution in [0.25, 0.3) is 0 Å². The van der Waals surface area contributed by atoms with Crippen LogP contribution in [-0.2, 0) is 4.74 Å². The van der Waals surface area contributed by atoms with Crippen LogP contribution in [0.4, 0.5) is 8.78 Å². The van der Waals surface area contributed by atoms with E-state index >= 15 is 0 Å². The average molecular weight is 582 g/mol. The molecule has 0 aromatic rings. The van der Waals surface area contributed by atoms with E-state index in [0.717, 1.165) is 55.3 Å². The molecule has 0 amide bonds. The van der Waals surface area contributed by atoms with Crippen LogP contribution in [0.3, 0.4) is 0 Å². The lowest BCUT2D eigenvalue weighted by atomic mass is 9.73. The molecule has 0 radical (unpaired) electrons. The quantitative estimate of drug-likeness (QED) is 0.253. The zero-order valence-electron chi connectivity index (χ0n) is 24.4. The molecule has 0 spiro atoms. The Morgan fingerprint density at radius 2 is 2.14 bits per heavy atom. The molecular weight excluding hydrogens is 540 g/mol. The van der Waals surface area contributed by atoms with E-state index in [-0.39, 0.29) is 24.6 Å². The van der Waals surface area contributed by atoms with Crippen molar-refractivity contribution < 1.29 is 18.6 Å². The second kappa shape index (κ2) is 13.0. The first-order valence-corrected chi connectivity index (χ1v) is 14.8. The topological polar surface area (TPSA) is 109 Å². The molecule has 2 saturated heterocycles. The number of nitriles is 1. The van der Waals surface area contributed by atoms with Gasteiger partial charge < -0.3 is 20.5 Å². The number of allylic oxidation sites excluding steroid dienone is 4. The molecule has 5 aliphatic rings. The zero-order valence-corrected chi connectivity index (χ0v) is 24.4. The van der Waals surface area contributed by atoms with Crippen LogP contribution in [0.15, 0.2) is 68.7 Å². The molecule has 1 aliphatic carbocycles. The van der Waals surface area contributed by atoms with Gasteiger partial charge in [0.2, 0.25) is 5.91 Å². The molecular formula is C31H41F2N7O2. The van der Waals surface area contributed by atoms with E-state index in [0.29, 0.717) is 37.7 Å². The van der Waals surface area contributed by atoms with Gasteiger partial charge in [-0.15, -0.1) is 0 Å². The molecule has 42 heavy (non-hydrogen) atoms. The van der Waals surface area contributed by atoms with Gasteiger partial charge in [-0.2, -0.15) is 5.26 Å². The van der Waals surface area contributed by atoms with Crippen molar-refractivity contribution in [3.63, 3.8) is 0 Å². The Bertz CT molecular complexity index is 1260. The number of alkyl halides is 1. The fourth-order valence-electron chi connectivity index (χ4n) is 6.35. The summed E-state index contributed by atoms with van der Waals surface area (Å²) in [6.07, 6.45) is 13.9. The third kappa shape index (κ3) is 6.73. The number of ether oxygens (including phenoxy) is 1. The van der Waals surface area contributed by atoms with Gasteiger partial charge in [-0.1, -0.05) is 12.2 Å². The first-order chi connectivity index (χ1) is 20.2. The van der Waals surface area contributed by atoms with E-state index in [1.807, 2.05) is 36.4 Å². The van der Waals surface area contributed by atoms with Gasteiger partial charge in [-0.25, -0.2) is 13.8 Å². The Hall–Kier alpha value is -3.17. The molecule has 4 aliphatic heterocycles. The van der Waals surface area contributed by atoms with Crippen molar-refractivity contribution in [3.05, 3.63) is 58.7 Å². The Morgan fingerprint density at radius 3 is 2.86 bits per heavy atom. The van der Waals surface area contributed by atoms with E-state index in [4.69, 9.17) is 9.73 Å². The predicted molar refractivity (Wildman–Crippen MR) is 159 cm³/mol. The maximum atomic E-state index is 13.6. The largest absolute Gasteiger partial charge is 0.368 e.